The molecular formula is C30H38ClN7O4S2. The Labute approximate surface area is 271 Å². The number of nitrogens with zero attached hydrogens (tertiary/aromatic N) is 3. The molecule has 1 unspecified atom stereocenters. The summed E-state index contributed by atoms with van der Waals surface area (Å²) < 4.78 is 0. The zero-order valence-corrected chi connectivity index (χ0v) is 27.2. The molecule has 236 valence electrons. The van der Waals surface area contributed by atoms with Crippen LogP contribution in [0.2, 0.25) is 0 Å². The lowest BCUT2D eigenvalue weighted by molar-refractivity contribution is -0.137. The van der Waals surface area contributed by atoms with Crippen molar-refractivity contribution in [2.75, 3.05) is 26.2 Å². The monoisotopic (exact) mass is 659 g/mol. The van der Waals surface area contributed by atoms with Crippen molar-refractivity contribution >= 4 is 58.7 Å². The molecule has 2 aromatic heterocycles. The second-order valence-electron chi connectivity index (χ2n) is 11.2. The maximum atomic E-state index is 13.5. The molecule has 1 fully saturated rings. The van der Waals surface area contributed by atoms with Gasteiger partial charge in [-0.25, -0.2) is 9.97 Å². The minimum absolute atomic E-state index is 0. The number of hydrogen-bond acceptors (Lipinski definition) is 9. The fraction of sp³-hybridized carbons (Fsp3) is 0.467. The van der Waals surface area contributed by atoms with Gasteiger partial charge in [-0.1, -0.05) is 44.2 Å². The van der Waals surface area contributed by atoms with E-state index in [2.05, 4.69) is 31.2 Å². The molecular weight excluding hydrogens is 622 g/mol. The van der Waals surface area contributed by atoms with E-state index in [-0.39, 0.29) is 65.9 Å². The van der Waals surface area contributed by atoms with E-state index in [1.54, 1.807) is 15.7 Å². The number of aromatic nitrogens is 2. The van der Waals surface area contributed by atoms with Crippen molar-refractivity contribution in [3.8, 4) is 0 Å². The summed E-state index contributed by atoms with van der Waals surface area (Å²) in [5.41, 5.74) is 1.53. The average molecular weight is 660 g/mol. The first-order valence-corrected chi connectivity index (χ1v) is 16.4. The van der Waals surface area contributed by atoms with Gasteiger partial charge >= 0.3 is 0 Å². The van der Waals surface area contributed by atoms with E-state index in [0.29, 0.717) is 35.9 Å². The fourth-order valence-corrected chi connectivity index (χ4v) is 7.09. The van der Waals surface area contributed by atoms with E-state index in [9.17, 15) is 19.2 Å². The lowest BCUT2D eigenvalue weighted by atomic mass is 10.0. The molecule has 1 aromatic carbocycles. The number of rotatable bonds is 4. The average Bonchev–Trinajstić information content (AvgIpc) is 3.79. The molecule has 2 aliphatic heterocycles. The Morgan fingerprint density at radius 3 is 2.36 bits per heavy atom. The summed E-state index contributed by atoms with van der Waals surface area (Å²) in [6.45, 7) is 5.23. The Kier molecular flexibility index (Phi) is 11.8. The van der Waals surface area contributed by atoms with Gasteiger partial charge in [0.05, 0.1) is 24.7 Å². The molecule has 0 saturated carbocycles. The Balaban J connectivity index is 0.00000442. The zero-order valence-electron chi connectivity index (χ0n) is 24.7. The van der Waals surface area contributed by atoms with Gasteiger partial charge in [0.2, 0.25) is 11.8 Å². The summed E-state index contributed by atoms with van der Waals surface area (Å²) in [6.07, 6.45) is 2.57. The third-order valence-electron chi connectivity index (χ3n) is 7.54. The number of benzene rings is 1. The molecule has 5 rings (SSSR count). The van der Waals surface area contributed by atoms with Crippen LogP contribution in [0.15, 0.2) is 41.1 Å². The SMILES string of the molecule is CC(C)[C@@H]1NC(=O)c2csc(n2)C(Cc2ccccc2)NC(=O)CN(C(=O)[C@H]2CCCN2)CCCNC(=O)c2csc1n2.Cl. The summed E-state index contributed by atoms with van der Waals surface area (Å²) in [7, 11) is 0. The number of carbonyl (C=O) groups excluding carboxylic acids is 4. The van der Waals surface area contributed by atoms with Crippen LogP contribution in [0.3, 0.4) is 0 Å². The number of thiazole rings is 2. The maximum absolute atomic E-state index is 13.5. The molecule has 44 heavy (non-hydrogen) atoms. The normalized spacial score (nSPS) is 21.8. The molecule has 4 amide bonds. The van der Waals surface area contributed by atoms with Gasteiger partial charge in [0.15, 0.2) is 0 Å². The second kappa shape index (κ2) is 15.6. The van der Waals surface area contributed by atoms with E-state index >= 15 is 0 Å². The van der Waals surface area contributed by atoms with E-state index in [0.717, 1.165) is 24.9 Å². The first kappa shape index (κ1) is 33.5. The van der Waals surface area contributed by atoms with Crippen molar-refractivity contribution in [3.05, 3.63) is 68.1 Å². The predicted molar refractivity (Wildman–Crippen MR) is 172 cm³/mol. The summed E-state index contributed by atoms with van der Waals surface area (Å²) in [6, 6.07) is 8.53. The molecule has 0 spiro atoms. The number of halogens is 1. The zero-order chi connectivity index (χ0) is 30.3. The van der Waals surface area contributed by atoms with Gasteiger partial charge < -0.3 is 26.2 Å². The number of nitrogens with one attached hydrogen (secondary N) is 4. The highest BCUT2D eigenvalue weighted by Gasteiger charge is 2.30. The topological polar surface area (TPSA) is 145 Å². The fourth-order valence-electron chi connectivity index (χ4n) is 5.22. The summed E-state index contributed by atoms with van der Waals surface area (Å²) >= 11 is 2.63. The Morgan fingerprint density at radius 2 is 1.66 bits per heavy atom. The number of hydrogen-bond donors (Lipinski definition) is 4. The molecule has 3 atom stereocenters. The Hall–Kier alpha value is -3.39. The van der Waals surface area contributed by atoms with Crippen molar-refractivity contribution < 1.29 is 19.2 Å². The summed E-state index contributed by atoms with van der Waals surface area (Å²) in [5.74, 6) is -1.10. The van der Waals surface area contributed by atoms with E-state index in [1.807, 2.05) is 44.2 Å². The van der Waals surface area contributed by atoms with E-state index < -0.39 is 12.1 Å². The van der Waals surface area contributed by atoms with Crippen LogP contribution < -0.4 is 21.3 Å². The number of fused-ring (bicyclic) bond motifs is 4. The van der Waals surface area contributed by atoms with E-state index in [1.165, 1.54) is 22.7 Å². The Morgan fingerprint density at radius 1 is 0.955 bits per heavy atom. The van der Waals surface area contributed by atoms with Crippen LogP contribution in [0.4, 0.5) is 0 Å². The molecule has 4 bridgehead atoms. The third kappa shape index (κ3) is 8.40. The predicted octanol–water partition coefficient (Wildman–Crippen LogP) is 3.26. The molecule has 11 nitrogen and oxygen atoms in total. The van der Waals surface area contributed by atoms with Crippen LogP contribution in [0.5, 0.6) is 0 Å². The quantitative estimate of drug-likeness (QED) is 0.336. The Bertz CT molecular complexity index is 1440. The van der Waals surface area contributed by atoms with Gasteiger partial charge in [-0.3, -0.25) is 19.2 Å². The van der Waals surface area contributed by atoms with Gasteiger partial charge in [-0.2, -0.15) is 0 Å². The minimum Gasteiger partial charge on any atom is -0.351 e. The summed E-state index contributed by atoms with van der Waals surface area (Å²) in [5, 5.41) is 16.8. The van der Waals surface area contributed by atoms with Crippen LogP contribution in [0.1, 0.15) is 81.7 Å². The lowest BCUT2D eigenvalue weighted by Crippen LogP contribution is -2.49. The largest absolute Gasteiger partial charge is 0.351 e. The van der Waals surface area contributed by atoms with Gasteiger partial charge in [0.25, 0.3) is 11.8 Å². The smallest absolute Gasteiger partial charge is 0.271 e. The van der Waals surface area contributed by atoms with Crippen LogP contribution in [-0.4, -0.2) is 70.7 Å². The highest BCUT2D eigenvalue weighted by molar-refractivity contribution is 7.10. The van der Waals surface area contributed by atoms with Gasteiger partial charge in [0.1, 0.15) is 21.4 Å². The highest BCUT2D eigenvalue weighted by atomic mass is 35.5. The molecule has 0 radical (unpaired) electrons. The highest BCUT2D eigenvalue weighted by Crippen LogP contribution is 2.27. The van der Waals surface area contributed by atoms with Crippen LogP contribution in [0, 0.1) is 5.92 Å². The molecule has 3 aromatic rings. The van der Waals surface area contributed by atoms with E-state index in [4.69, 9.17) is 0 Å². The molecule has 4 N–H and O–H groups in total. The molecule has 0 aliphatic carbocycles. The number of amides is 4. The van der Waals surface area contributed by atoms with Crippen molar-refractivity contribution in [1.29, 1.82) is 0 Å². The molecule has 2 aliphatic rings. The lowest BCUT2D eigenvalue weighted by Gasteiger charge is -2.26. The third-order valence-corrected chi connectivity index (χ3v) is 9.43. The molecule has 14 heteroatoms. The van der Waals surface area contributed by atoms with Crippen molar-refractivity contribution in [2.24, 2.45) is 5.92 Å². The first-order valence-electron chi connectivity index (χ1n) is 14.6. The summed E-state index contributed by atoms with van der Waals surface area (Å²) in [4.78, 5) is 63.8. The standard InChI is InChI=1S/C30H37N7O4S2.ClH/c1-18(2)25-29-35-22(16-43-29)26(39)32-12-7-13-37(30(41)20-10-6-11-31-20)15-24(38)33-21(14-19-8-4-3-5-9-19)28-34-23(17-42-28)27(40)36-25;/h3-5,8-9,16-18,20-21,25,31H,6-7,10-15H2,1-2H3,(H,32,39)(H,33,38)(H,36,40);1H/t20-,21?,25+;/m1./s1. The second-order valence-corrected chi connectivity index (χ2v) is 12.9. The minimum atomic E-state index is -0.494. The van der Waals surface area contributed by atoms with Gasteiger partial charge in [-0.15, -0.1) is 35.1 Å². The van der Waals surface area contributed by atoms with Crippen molar-refractivity contribution in [2.45, 2.75) is 57.7 Å². The maximum Gasteiger partial charge on any atom is 0.271 e. The van der Waals surface area contributed by atoms with Crippen molar-refractivity contribution in [1.82, 2.24) is 36.1 Å². The van der Waals surface area contributed by atoms with Gasteiger partial charge in [-0.05, 0) is 43.7 Å². The molecule has 4 heterocycles. The molecule has 1 saturated heterocycles. The van der Waals surface area contributed by atoms with Gasteiger partial charge in [0, 0.05) is 23.8 Å². The van der Waals surface area contributed by atoms with Crippen LogP contribution in [0.25, 0.3) is 0 Å². The van der Waals surface area contributed by atoms with Crippen molar-refractivity contribution in [3.63, 3.8) is 0 Å². The first-order chi connectivity index (χ1) is 20.8. The van der Waals surface area contributed by atoms with Crippen LogP contribution >= 0.6 is 35.1 Å². The van der Waals surface area contributed by atoms with Crippen LogP contribution in [-0.2, 0) is 16.0 Å². The number of carbonyl (C=O) groups is 4.